The van der Waals surface area contributed by atoms with Crippen LogP contribution in [0.2, 0.25) is 0 Å². The quantitative estimate of drug-likeness (QED) is 0.822. The number of aldehydes is 1. The van der Waals surface area contributed by atoms with Gasteiger partial charge in [0.25, 0.3) is 5.89 Å². The Balaban J connectivity index is 2.49. The third-order valence-electron chi connectivity index (χ3n) is 2.38. The van der Waals surface area contributed by atoms with E-state index in [-0.39, 0.29) is 23.1 Å². The Labute approximate surface area is 98.1 Å². The minimum atomic E-state index is -0.138. The van der Waals surface area contributed by atoms with E-state index in [1.165, 1.54) is 6.07 Å². The molecule has 0 amide bonds. The highest BCUT2D eigenvalue weighted by molar-refractivity contribution is 5.84. The molecule has 88 valence electrons. The van der Waals surface area contributed by atoms with Crippen molar-refractivity contribution in [3.05, 3.63) is 29.6 Å². The number of carbonyl (C=O) groups is 1. The predicted molar refractivity (Wildman–Crippen MR) is 60.9 cm³/mol. The number of para-hydroxylation sites is 1. The van der Waals surface area contributed by atoms with Gasteiger partial charge in [0, 0.05) is 5.92 Å². The van der Waals surface area contributed by atoms with Crippen LogP contribution in [0.25, 0.3) is 11.5 Å². The summed E-state index contributed by atoms with van der Waals surface area (Å²) in [5.41, 5.74) is 0.570. The largest absolute Gasteiger partial charge is 0.506 e. The Morgan fingerprint density at radius 1 is 1.41 bits per heavy atom. The highest BCUT2D eigenvalue weighted by Gasteiger charge is 2.16. The smallest absolute Gasteiger partial charge is 0.261 e. The second kappa shape index (κ2) is 4.37. The molecule has 0 bridgehead atoms. The van der Waals surface area contributed by atoms with Crippen molar-refractivity contribution in [2.24, 2.45) is 0 Å². The van der Waals surface area contributed by atoms with Gasteiger partial charge in [-0.25, -0.2) is 0 Å². The van der Waals surface area contributed by atoms with E-state index in [4.69, 9.17) is 4.52 Å². The van der Waals surface area contributed by atoms with E-state index >= 15 is 0 Å². The normalized spacial score (nSPS) is 10.8. The fourth-order valence-corrected chi connectivity index (χ4v) is 1.41. The third kappa shape index (κ3) is 2.04. The van der Waals surface area contributed by atoms with Gasteiger partial charge in [-0.05, 0) is 12.1 Å². The number of aromatic hydroxyl groups is 1. The highest BCUT2D eigenvalue weighted by atomic mass is 16.5. The molecule has 1 aromatic carbocycles. The van der Waals surface area contributed by atoms with Crippen LogP contribution < -0.4 is 0 Å². The van der Waals surface area contributed by atoms with Gasteiger partial charge in [0.05, 0.1) is 11.1 Å². The number of nitrogens with zero attached hydrogens (tertiary/aromatic N) is 2. The zero-order chi connectivity index (χ0) is 12.4. The molecular formula is C12H12N2O3. The van der Waals surface area contributed by atoms with E-state index in [1.54, 1.807) is 12.1 Å². The first-order valence-electron chi connectivity index (χ1n) is 5.24. The summed E-state index contributed by atoms with van der Waals surface area (Å²) in [6.45, 7) is 3.88. The standard InChI is InChI=1S/C12H12N2O3/c1-7(2)11-13-12(17-14-11)9-5-3-4-8(6-15)10(9)16/h3-7,16H,1-2H3. The fourth-order valence-electron chi connectivity index (χ4n) is 1.41. The van der Waals surface area contributed by atoms with Gasteiger partial charge in [-0.2, -0.15) is 4.98 Å². The summed E-state index contributed by atoms with van der Waals surface area (Å²) < 4.78 is 5.06. The summed E-state index contributed by atoms with van der Waals surface area (Å²) >= 11 is 0. The lowest BCUT2D eigenvalue weighted by Crippen LogP contribution is -1.90. The topological polar surface area (TPSA) is 76.2 Å². The minimum absolute atomic E-state index is 0.138. The van der Waals surface area contributed by atoms with Crippen LogP contribution in [0.5, 0.6) is 5.75 Å². The second-order valence-corrected chi connectivity index (χ2v) is 3.97. The van der Waals surface area contributed by atoms with Crippen LogP contribution in [0.4, 0.5) is 0 Å². The molecule has 0 atom stereocenters. The van der Waals surface area contributed by atoms with Gasteiger partial charge >= 0.3 is 0 Å². The number of hydrogen-bond acceptors (Lipinski definition) is 5. The molecule has 5 heteroatoms. The SMILES string of the molecule is CC(C)c1noc(-c2cccc(C=O)c2O)n1. The lowest BCUT2D eigenvalue weighted by molar-refractivity contribution is 0.112. The number of benzene rings is 1. The van der Waals surface area contributed by atoms with Crippen molar-refractivity contribution in [2.45, 2.75) is 19.8 Å². The summed E-state index contributed by atoms with van der Waals surface area (Å²) in [6.07, 6.45) is 0.582. The van der Waals surface area contributed by atoms with Crippen LogP contribution in [0.3, 0.4) is 0 Å². The molecule has 0 fully saturated rings. The summed E-state index contributed by atoms with van der Waals surface area (Å²) in [7, 11) is 0. The van der Waals surface area contributed by atoms with Gasteiger partial charge in [-0.15, -0.1) is 0 Å². The zero-order valence-electron chi connectivity index (χ0n) is 9.54. The molecule has 0 aliphatic rings. The van der Waals surface area contributed by atoms with Crippen LogP contribution >= 0.6 is 0 Å². The van der Waals surface area contributed by atoms with Gasteiger partial charge in [0.1, 0.15) is 5.75 Å². The third-order valence-corrected chi connectivity index (χ3v) is 2.38. The van der Waals surface area contributed by atoms with Crippen molar-refractivity contribution in [3.8, 4) is 17.2 Å². The molecule has 0 saturated heterocycles. The fraction of sp³-hybridized carbons (Fsp3) is 0.250. The number of rotatable bonds is 3. The maximum Gasteiger partial charge on any atom is 0.261 e. The van der Waals surface area contributed by atoms with Gasteiger partial charge in [-0.1, -0.05) is 25.1 Å². The Morgan fingerprint density at radius 3 is 2.76 bits per heavy atom. The molecule has 0 aliphatic heterocycles. The van der Waals surface area contributed by atoms with Gasteiger partial charge in [0.2, 0.25) is 0 Å². The lowest BCUT2D eigenvalue weighted by atomic mass is 10.1. The lowest BCUT2D eigenvalue weighted by Gasteiger charge is -2.00. The Hall–Kier alpha value is -2.17. The van der Waals surface area contributed by atoms with Crippen molar-refractivity contribution in [3.63, 3.8) is 0 Å². The first-order chi connectivity index (χ1) is 8.13. The molecule has 0 aliphatic carbocycles. The van der Waals surface area contributed by atoms with E-state index in [0.29, 0.717) is 17.7 Å². The second-order valence-electron chi connectivity index (χ2n) is 3.97. The molecular weight excluding hydrogens is 220 g/mol. The Bertz CT molecular complexity index is 546. The van der Waals surface area contributed by atoms with E-state index in [0.717, 1.165) is 0 Å². The van der Waals surface area contributed by atoms with Gasteiger partial charge in [0.15, 0.2) is 12.1 Å². The van der Waals surface area contributed by atoms with Crippen molar-refractivity contribution in [2.75, 3.05) is 0 Å². The van der Waals surface area contributed by atoms with Crippen molar-refractivity contribution < 1.29 is 14.4 Å². The average molecular weight is 232 g/mol. The molecule has 0 spiro atoms. The number of phenolic OH excluding ortho intramolecular Hbond substituents is 1. The zero-order valence-corrected chi connectivity index (χ0v) is 9.54. The molecule has 0 unspecified atom stereocenters. The van der Waals surface area contributed by atoms with E-state index < -0.39 is 0 Å². The van der Waals surface area contributed by atoms with E-state index in [1.807, 2.05) is 13.8 Å². The number of hydrogen-bond donors (Lipinski definition) is 1. The van der Waals surface area contributed by atoms with Crippen LogP contribution in [-0.4, -0.2) is 21.5 Å². The molecule has 2 rings (SSSR count). The average Bonchev–Trinajstić information content (AvgIpc) is 2.78. The Morgan fingerprint density at radius 2 is 2.18 bits per heavy atom. The molecule has 17 heavy (non-hydrogen) atoms. The van der Waals surface area contributed by atoms with Crippen molar-refractivity contribution in [1.82, 2.24) is 10.1 Å². The predicted octanol–water partition coefficient (Wildman–Crippen LogP) is 2.38. The first kappa shape index (κ1) is 11.3. The molecule has 0 radical (unpaired) electrons. The first-order valence-corrected chi connectivity index (χ1v) is 5.24. The van der Waals surface area contributed by atoms with Crippen LogP contribution in [0, 0.1) is 0 Å². The van der Waals surface area contributed by atoms with Crippen molar-refractivity contribution in [1.29, 1.82) is 0 Å². The Kier molecular flexibility index (Phi) is 2.91. The minimum Gasteiger partial charge on any atom is -0.506 e. The molecule has 1 N–H and O–H groups in total. The monoisotopic (exact) mass is 232 g/mol. The molecule has 5 nitrogen and oxygen atoms in total. The van der Waals surface area contributed by atoms with E-state index in [2.05, 4.69) is 10.1 Å². The molecule has 0 saturated carbocycles. The highest BCUT2D eigenvalue weighted by Crippen LogP contribution is 2.30. The molecule has 1 heterocycles. The number of phenols is 1. The van der Waals surface area contributed by atoms with Crippen LogP contribution in [0.1, 0.15) is 35.9 Å². The number of carbonyl (C=O) groups excluding carboxylic acids is 1. The van der Waals surface area contributed by atoms with Crippen LogP contribution in [0.15, 0.2) is 22.7 Å². The number of aromatic nitrogens is 2. The summed E-state index contributed by atoms with van der Waals surface area (Å²) in [5.74, 6) is 0.788. The maximum absolute atomic E-state index is 10.7. The summed E-state index contributed by atoms with van der Waals surface area (Å²) in [6, 6.07) is 4.80. The van der Waals surface area contributed by atoms with Gasteiger partial charge < -0.3 is 9.63 Å². The summed E-state index contributed by atoms with van der Waals surface area (Å²) in [4.78, 5) is 14.9. The molecule has 2 aromatic rings. The van der Waals surface area contributed by atoms with Gasteiger partial charge in [-0.3, -0.25) is 4.79 Å². The van der Waals surface area contributed by atoms with Crippen molar-refractivity contribution >= 4 is 6.29 Å². The summed E-state index contributed by atoms with van der Waals surface area (Å²) in [5, 5.41) is 13.6. The van der Waals surface area contributed by atoms with Crippen LogP contribution in [-0.2, 0) is 0 Å². The molecule has 1 aromatic heterocycles. The maximum atomic E-state index is 10.7. The van der Waals surface area contributed by atoms with E-state index in [9.17, 15) is 9.90 Å².